The SMILES string of the molecule is CC[C@@H](c1nnnn1CCOC)[NH+]1CC[NH+](Cc2ccc3c(c2)OCO3)CC1. The van der Waals surface area contributed by atoms with E-state index in [1.807, 2.05) is 10.7 Å². The van der Waals surface area contributed by atoms with Gasteiger partial charge >= 0.3 is 0 Å². The van der Waals surface area contributed by atoms with Gasteiger partial charge in [0, 0.05) is 19.1 Å². The molecule has 1 aromatic carbocycles. The molecular weight excluding hydrogens is 360 g/mol. The molecule has 9 nitrogen and oxygen atoms in total. The second-order valence-electron chi connectivity index (χ2n) is 7.49. The summed E-state index contributed by atoms with van der Waals surface area (Å²) in [5.41, 5.74) is 1.30. The monoisotopic (exact) mass is 390 g/mol. The average molecular weight is 390 g/mol. The summed E-state index contributed by atoms with van der Waals surface area (Å²) < 4.78 is 18.0. The molecule has 1 atom stereocenters. The Morgan fingerprint density at radius 3 is 2.79 bits per heavy atom. The Hall–Kier alpha value is -2.23. The van der Waals surface area contributed by atoms with Crippen molar-refractivity contribution in [2.45, 2.75) is 32.5 Å². The maximum Gasteiger partial charge on any atom is 0.231 e. The van der Waals surface area contributed by atoms with Gasteiger partial charge in [-0.05, 0) is 28.6 Å². The summed E-state index contributed by atoms with van der Waals surface area (Å²) in [6.07, 6.45) is 1.03. The lowest BCUT2D eigenvalue weighted by molar-refractivity contribution is -1.03. The molecule has 2 N–H and O–H groups in total. The molecule has 0 saturated carbocycles. The fraction of sp³-hybridized carbons (Fsp3) is 0.632. The summed E-state index contributed by atoms with van der Waals surface area (Å²) in [6.45, 7) is 9.41. The lowest BCUT2D eigenvalue weighted by atomic mass is 10.1. The van der Waals surface area contributed by atoms with Crippen molar-refractivity contribution in [3.63, 3.8) is 0 Å². The van der Waals surface area contributed by atoms with Crippen molar-refractivity contribution in [3.8, 4) is 11.5 Å². The molecular formula is C19H30N6O3+2. The Labute approximate surface area is 165 Å². The number of benzene rings is 1. The van der Waals surface area contributed by atoms with Crippen LogP contribution in [0.25, 0.3) is 0 Å². The average Bonchev–Trinajstić information content (AvgIpc) is 3.37. The zero-order valence-electron chi connectivity index (χ0n) is 16.7. The summed E-state index contributed by atoms with van der Waals surface area (Å²) in [4.78, 5) is 3.18. The van der Waals surface area contributed by atoms with E-state index in [1.165, 1.54) is 5.56 Å². The van der Waals surface area contributed by atoms with Gasteiger partial charge in [-0.2, -0.15) is 0 Å². The number of ether oxygens (including phenoxy) is 3. The first-order valence-corrected chi connectivity index (χ1v) is 10.1. The fourth-order valence-corrected chi connectivity index (χ4v) is 4.24. The summed E-state index contributed by atoms with van der Waals surface area (Å²) in [5, 5.41) is 12.4. The maximum atomic E-state index is 5.51. The highest BCUT2D eigenvalue weighted by Crippen LogP contribution is 2.32. The molecule has 2 aromatic rings. The topological polar surface area (TPSA) is 80.2 Å². The third-order valence-corrected chi connectivity index (χ3v) is 5.77. The summed E-state index contributed by atoms with van der Waals surface area (Å²) in [5.74, 6) is 2.70. The van der Waals surface area contributed by atoms with E-state index in [0.717, 1.165) is 56.5 Å². The quantitative estimate of drug-likeness (QED) is 0.570. The van der Waals surface area contributed by atoms with Crippen LogP contribution in [-0.4, -0.2) is 66.9 Å². The highest BCUT2D eigenvalue weighted by atomic mass is 16.7. The highest BCUT2D eigenvalue weighted by Gasteiger charge is 2.33. The van der Waals surface area contributed by atoms with Gasteiger partial charge in [0.1, 0.15) is 38.8 Å². The smallest absolute Gasteiger partial charge is 0.231 e. The van der Waals surface area contributed by atoms with Crippen LogP contribution in [0.5, 0.6) is 11.5 Å². The number of aromatic nitrogens is 4. The lowest BCUT2D eigenvalue weighted by Gasteiger charge is -2.33. The van der Waals surface area contributed by atoms with Crippen LogP contribution in [0.4, 0.5) is 0 Å². The zero-order valence-corrected chi connectivity index (χ0v) is 16.7. The second kappa shape index (κ2) is 8.85. The third kappa shape index (κ3) is 4.11. The minimum Gasteiger partial charge on any atom is -0.454 e. The molecule has 0 amide bonds. The highest BCUT2D eigenvalue weighted by molar-refractivity contribution is 5.44. The zero-order chi connectivity index (χ0) is 19.3. The van der Waals surface area contributed by atoms with E-state index in [4.69, 9.17) is 14.2 Å². The summed E-state index contributed by atoms with van der Waals surface area (Å²) in [6, 6.07) is 6.62. The van der Waals surface area contributed by atoms with E-state index in [0.29, 0.717) is 26.0 Å². The molecule has 0 spiro atoms. The number of nitrogens with zero attached hydrogens (tertiary/aromatic N) is 4. The molecule has 152 valence electrons. The molecule has 3 heterocycles. The first-order valence-electron chi connectivity index (χ1n) is 10.1. The standard InChI is InChI=1S/C19H28N6O3/c1-3-16(19-20-21-22-25(19)10-11-26-2)24-8-6-23(7-9-24)13-15-4-5-17-18(12-15)28-14-27-17/h4-5,12,16H,3,6-11,13-14H2,1-2H3/p+2/t16-/m0/s1. The number of quaternary nitrogens is 2. The number of hydrogen-bond acceptors (Lipinski definition) is 6. The van der Waals surface area contributed by atoms with Gasteiger partial charge in [0.25, 0.3) is 0 Å². The molecule has 1 saturated heterocycles. The molecule has 1 aromatic heterocycles. The Bertz CT molecular complexity index is 775. The number of nitrogens with one attached hydrogen (secondary N) is 2. The van der Waals surface area contributed by atoms with Crippen LogP contribution in [0, 0.1) is 0 Å². The Balaban J connectivity index is 1.34. The summed E-state index contributed by atoms with van der Waals surface area (Å²) in [7, 11) is 1.70. The van der Waals surface area contributed by atoms with Crippen molar-refractivity contribution in [2.75, 3.05) is 46.7 Å². The van der Waals surface area contributed by atoms with Crippen molar-refractivity contribution < 1.29 is 24.0 Å². The molecule has 0 radical (unpaired) electrons. The van der Waals surface area contributed by atoms with E-state index < -0.39 is 0 Å². The largest absolute Gasteiger partial charge is 0.454 e. The molecule has 0 unspecified atom stereocenters. The van der Waals surface area contributed by atoms with Gasteiger partial charge < -0.3 is 24.0 Å². The van der Waals surface area contributed by atoms with E-state index >= 15 is 0 Å². The van der Waals surface area contributed by atoms with E-state index in [9.17, 15) is 0 Å². The minimum absolute atomic E-state index is 0.329. The molecule has 2 aliphatic heterocycles. The number of tetrazole rings is 1. The summed E-state index contributed by atoms with van der Waals surface area (Å²) >= 11 is 0. The Morgan fingerprint density at radius 2 is 2.00 bits per heavy atom. The van der Waals surface area contributed by atoms with Gasteiger partial charge in [-0.25, -0.2) is 4.68 Å². The fourth-order valence-electron chi connectivity index (χ4n) is 4.24. The van der Waals surface area contributed by atoms with Crippen LogP contribution in [0.3, 0.4) is 0 Å². The predicted octanol–water partition coefficient (Wildman–Crippen LogP) is -1.52. The van der Waals surface area contributed by atoms with Crippen molar-refractivity contribution in [1.29, 1.82) is 0 Å². The Kier molecular flexibility index (Phi) is 6.04. The van der Waals surface area contributed by atoms with Gasteiger partial charge in [0.05, 0.1) is 13.2 Å². The van der Waals surface area contributed by atoms with Gasteiger partial charge in [-0.3, -0.25) is 0 Å². The number of fused-ring (bicyclic) bond motifs is 1. The van der Waals surface area contributed by atoms with E-state index in [-0.39, 0.29) is 0 Å². The van der Waals surface area contributed by atoms with Crippen LogP contribution in [0.15, 0.2) is 18.2 Å². The van der Waals surface area contributed by atoms with Crippen molar-refractivity contribution in [2.24, 2.45) is 0 Å². The van der Waals surface area contributed by atoms with Crippen molar-refractivity contribution in [1.82, 2.24) is 20.2 Å². The first-order chi connectivity index (χ1) is 13.8. The van der Waals surface area contributed by atoms with Gasteiger partial charge in [0.2, 0.25) is 12.6 Å². The van der Waals surface area contributed by atoms with E-state index in [1.54, 1.807) is 16.9 Å². The third-order valence-electron chi connectivity index (χ3n) is 5.77. The normalized spacial score (nSPS) is 22.4. The molecule has 0 bridgehead atoms. The van der Waals surface area contributed by atoms with Crippen LogP contribution >= 0.6 is 0 Å². The molecule has 9 heteroatoms. The van der Waals surface area contributed by atoms with Crippen LogP contribution in [0.1, 0.15) is 30.8 Å². The van der Waals surface area contributed by atoms with Crippen molar-refractivity contribution in [3.05, 3.63) is 29.6 Å². The molecule has 1 fully saturated rings. The molecule has 2 aliphatic rings. The van der Waals surface area contributed by atoms with Crippen LogP contribution in [-0.2, 0) is 17.8 Å². The van der Waals surface area contributed by atoms with Gasteiger partial charge in [-0.1, -0.05) is 6.92 Å². The van der Waals surface area contributed by atoms with Gasteiger partial charge in [0.15, 0.2) is 11.5 Å². The first kappa shape index (κ1) is 19.1. The number of piperazine rings is 1. The molecule has 4 rings (SSSR count). The maximum absolute atomic E-state index is 5.51. The number of methoxy groups -OCH3 is 1. The van der Waals surface area contributed by atoms with Crippen LogP contribution < -0.4 is 19.3 Å². The van der Waals surface area contributed by atoms with Crippen LogP contribution in [0.2, 0.25) is 0 Å². The van der Waals surface area contributed by atoms with Crippen molar-refractivity contribution >= 4 is 0 Å². The second-order valence-corrected chi connectivity index (χ2v) is 7.49. The predicted molar refractivity (Wildman–Crippen MR) is 100 cm³/mol. The molecule has 0 aliphatic carbocycles. The number of hydrogen-bond donors (Lipinski definition) is 2. The Morgan fingerprint density at radius 1 is 1.18 bits per heavy atom. The number of rotatable bonds is 8. The molecule has 28 heavy (non-hydrogen) atoms. The lowest BCUT2D eigenvalue weighted by Crippen LogP contribution is -3.27. The van der Waals surface area contributed by atoms with Gasteiger partial charge in [-0.15, -0.1) is 5.10 Å². The minimum atomic E-state index is 0.329. The van der Waals surface area contributed by atoms with E-state index in [2.05, 4.69) is 34.6 Å².